The highest BCUT2D eigenvalue weighted by atomic mass is 16.5. The van der Waals surface area contributed by atoms with Crippen molar-refractivity contribution in [1.82, 2.24) is 0 Å². The van der Waals surface area contributed by atoms with Crippen LogP contribution in [0.5, 0.6) is 5.75 Å². The number of nitrogens with one attached hydrogen (secondary N) is 1. The maximum absolute atomic E-state index is 12.2. The lowest BCUT2D eigenvalue weighted by molar-refractivity contribution is -0.139. The first-order chi connectivity index (χ1) is 10.8. The van der Waals surface area contributed by atoms with Gasteiger partial charge >= 0.3 is 5.97 Å². The lowest BCUT2D eigenvalue weighted by Crippen LogP contribution is -2.19. The van der Waals surface area contributed by atoms with Gasteiger partial charge in [-0.05, 0) is 17.5 Å². The third-order valence-corrected chi connectivity index (χ3v) is 3.20. The monoisotopic (exact) mass is 315 g/mol. The molecule has 2 aromatic carbocycles. The fourth-order valence-corrected chi connectivity index (χ4v) is 2.32. The number of fused-ring (bicyclic) bond motifs is 1. The highest BCUT2D eigenvalue weighted by molar-refractivity contribution is 6.04. The van der Waals surface area contributed by atoms with Gasteiger partial charge in [-0.15, -0.1) is 0 Å². The number of ether oxygens (including phenoxy) is 1. The molecular formula is C18H21NO4. The average molecular weight is 315 g/mol. The van der Waals surface area contributed by atoms with E-state index in [1.165, 1.54) is 0 Å². The Labute approximate surface area is 135 Å². The highest BCUT2D eigenvalue weighted by Gasteiger charge is 2.17. The van der Waals surface area contributed by atoms with Crippen LogP contribution in [0.1, 0.15) is 27.2 Å². The topological polar surface area (TPSA) is 75.6 Å². The van der Waals surface area contributed by atoms with Crippen LogP contribution in [0, 0.1) is 5.41 Å². The van der Waals surface area contributed by atoms with E-state index in [1.54, 1.807) is 12.1 Å². The molecule has 2 rings (SSSR count). The van der Waals surface area contributed by atoms with Crippen LogP contribution in [-0.2, 0) is 9.59 Å². The summed E-state index contributed by atoms with van der Waals surface area (Å²) >= 11 is 0. The van der Waals surface area contributed by atoms with Gasteiger partial charge in [0.2, 0.25) is 5.91 Å². The normalized spacial score (nSPS) is 11.3. The third kappa shape index (κ3) is 4.71. The first kappa shape index (κ1) is 16.8. The number of anilines is 1. The van der Waals surface area contributed by atoms with E-state index in [2.05, 4.69) is 5.32 Å². The van der Waals surface area contributed by atoms with Crippen LogP contribution in [0.25, 0.3) is 10.8 Å². The molecule has 0 heterocycles. The first-order valence-corrected chi connectivity index (χ1v) is 7.42. The van der Waals surface area contributed by atoms with Gasteiger partial charge in [-0.3, -0.25) is 4.79 Å². The second-order valence-corrected chi connectivity index (χ2v) is 6.62. The number of carboxylic acid groups (broad SMARTS) is 1. The molecule has 0 aliphatic carbocycles. The number of carboxylic acids is 1. The molecule has 0 aliphatic heterocycles. The minimum absolute atomic E-state index is 0.0538. The van der Waals surface area contributed by atoms with Gasteiger partial charge in [0.05, 0.1) is 0 Å². The summed E-state index contributed by atoms with van der Waals surface area (Å²) < 4.78 is 5.31. The van der Waals surface area contributed by atoms with Crippen LogP contribution in [0.4, 0.5) is 5.69 Å². The third-order valence-electron chi connectivity index (χ3n) is 3.20. The van der Waals surface area contributed by atoms with Gasteiger partial charge < -0.3 is 15.2 Å². The Morgan fingerprint density at radius 3 is 2.35 bits per heavy atom. The summed E-state index contributed by atoms with van der Waals surface area (Å²) in [6.45, 7) is 5.62. The van der Waals surface area contributed by atoms with Crippen molar-refractivity contribution < 1.29 is 19.4 Å². The van der Waals surface area contributed by atoms with Crippen LogP contribution in [0.3, 0.4) is 0 Å². The van der Waals surface area contributed by atoms with Crippen LogP contribution >= 0.6 is 0 Å². The number of hydrogen-bond acceptors (Lipinski definition) is 3. The number of aliphatic carboxylic acids is 1. The van der Waals surface area contributed by atoms with Crippen LogP contribution in [-0.4, -0.2) is 23.6 Å². The first-order valence-electron chi connectivity index (χ1n) is 7.42. The SMILES string of the molecule is CC(C)(C)CC(=O)Nc1ccc(OCC(=O)O)c2ccccc12. The minimum Gasteiger partial charge on any atom is -0.481 e. The summed E-state index contributed by atoms with van der Waals surface area (Å²) in [5, 5.41) is 13.3. The number of carbonyl (C=O) groups is 2. The largest absolute Gasteiger partial charge is 0.481 e. The molecule has 122 valence electrons. The maximum atomic E-state index is 12.2. The average Bonchev–Trinajstić information content (AvgIpc) is 2.44. The Balaban J connectivity index is 2.30. The lowest BCUT2D eigenvalue weighted by Gasteiger charge is -2.18. The quantitative estimate of drug-likeness (QED) is 0.882. The van der Waals surface area contributed by atoms with E-state index in [0.29, 0.717) is 17.9 Å². The van der Waals surface area contributed by atoms with Crippen LogP contribution in [0.2, 0.25) is 0 Å². The molecule has 1 amide bonds. The minimum atomic E-state index is -1.03. The van der Waals surface area contributed by atoms with Gasteiger partial charge in [0, 0.05) is 22.9 Å². The summed E-state index contributed by atoms with van der Waals surface area (Å²) in [4.78, 5) is 22.8. The zero-order chi connectivity index (χ0) is 17.0. The van der Waals surface area contributed by atoms with Crippen molar-refractivity contribution in [3.05, 3.63) is 36.4 Å². The summed E-state index contributed by atoms with van der Waals surface area (Å²) in [6.07, 6.45) is 0.415. The standard InChI is InChI=1S/C18H21NO4/c1-18(2,3)10-16(20)19-14-8-9-15(23-11-17(21)22)13-7-5-4-6-12(13)14/h4-9H,10-11H2,1-3H3,(H,19,20)(H,21,22). The molecule has 0 fully saturated rings. The van der Waals surface area contributed by atoms with Gasteiger partial charge in [0.1, 0.15) is 5.75 Å². The Kier molecular flexibility index (Phi) is 4.89. The Hall–Kier alpha value is -2.56. The van der Waals surface area contributed by atoms with Gasteiger partial charge in [-0.2, -0.15) is 0 Å². The number of benzene rings is 2. The Bertz CT molecular complexity index is 731. The van der Waals surface area contributed by atoms with E-state index in [1.807, 2.05) is 45.0 Å². The fraction of sp³-hybridized carbons (Fsp3) is 0.333. The fourth-order valence-electron chi connectivity index (χ4n) is 2.32. The highest BCUT2D eigenvalue weighted by Crippen LogP contribution is 2.32. The van der Waals surface area contributed by atoms with Gasteiger partial charge in [-0.1, -0.05) is 45.0 Å². The van der Waals surface area contributed by atoms with Gasteiger partial charge in [-0.25, -0.2) is 4.79 Å². The molecule has 0 saturated heterocycles. The Morgan fingerprint density at radius 2 is 1.74 bits per heavy atom. The molecule has 2 N–H and O–H groups in total. The molecule has 0 spiro atoms. The van der Waals surface area contributed by atoms with Crippen LogP contribution < -0.4 is 10.1 Å². The summed E-state index contributed by atoms with van der Waals surface area (Å²) in [7, 11) is 0. The molecule has 0 aliphatic rings. The predicted octanol–water partition coefficient (Wildman–Crippen LogP) is 3.68. The molecule has 2 aromatic rings. The molecule has 5 heteroatoms. The second kappa shape index (κ2) is 6.69. The molecular weight excluding hydrogens is 294 g/mol. The molecule has 0 atom stereocenters. The smallest absolute Gasteiger partial charge is 0.341 e. The molecule has 0 bridgehead atoms. The predicted molar refractivity (Wildman–Crippen MR) is 89.8 cm³/mol. The number of amides is 1. The van der Waals surface area contributed by atoms with Crippen molar-refractivity contribution >= 4 is 28.3 Å². The van der Waals surface area contributed by atoms with Crippen molar-refractivity contribution in [3.8, 4) is 5.75 Å². The van der Waals surface area contributed by atoms with E-state index in [0.717, 1.165) is 10.8 Å². The number of carbonyl (C=O) groups excluding carboxylic acids is 1. The maximum Gasteiger partial charge on any atom is 0.341 e. The molecule has 0 saturated carbocycles. The molecule has 0 unspecified atom stereocenters. The van der Waals surface area contributed by atoms with Crippen molar-refractivity contribution in [2.24, 2.45) is 5.41 Å². The lowest BCUT2D eigenvalue weighted by atomic mass is 9.92. The summed E-state index contributed by atoms with van der Waals surface area (Å²) in [5.74, 6) is -0.602. The number of rotatable bonds is 5. The summed E-state index contributed by atoms with van der Waals surface area (Å²) in [6, 6.07) is 10.8. The van der Waals surface area contributed by atoms with E-state index < -0.39 is 12.6 Å². The second-order valence-electron chi connectivity index (χ2n) is 6.62. The van der Waals surface area contributed by atoms with E-state index in [4.69, 9.17) is 9.84 Å². The van der Waals surface area contributed by atoms with Crippen LogP contribution in [0.15, 0.2) is 36.4 Å². The van der Waals surface area contributed by atoms with Crippen molar-refractivity contribution in [1.29, 1.82) is 0 Å². The summed E-state index contributed by atoms with van der Waals surface area (Å²) in [5.41, 5.74) is 0.599. The van der Waals surface area contributed by atoms with Gasteiger partial charge in [0.25, 0.3) is 0 Å². The zero-order valence-electron chi connectivity index (χ0n) is 13.6. The molecule has 0 radical (unpaired) electrons. The number of hydrogen-bond donors (Lipinski definition) is 2. The molecule has 0 aromatic heterocycles. The molecule has 5 nitrogen and oxygen atoms in total. The van der Waals surface area contributed by atoms with E-state index in [-0.39, 0.29) is 11.3 Å². The van der Waals surface area contributed by atoms with Gasteiger partial charge in [0.15, 0.2) is 6.61 Å². The van der Waals surface area contributed by atoms with Crippen molar-refractivity contribution in [2.75, 3.05) is 11.9 Å². The van der Waals surface area contributed by atoms with E-state index in [9.17, 15) is 9.59 Å². The Morgan fingerprint density at radius 1 is 1.09 bits per heavy atom. The van der Waals surface area contributed by atoms with Crippen molar-refractivity contribution in [3.63, 3.8) is 0 Å². The zero-order valence-corrected chi connectivity index (χ0v) is 13.6. The van der Waals surface area contributed by atoms with E-state index >= 15 is 0 Å². The molecule has 23 heavy (non-hydrogen) atoms. The van der Waals surface area contributed by atoms with Crippen molar-refractivity contribution in [2.45, 2.75) is 27.2 Å².